The zero-order chi connectivity index (χ0) is 13.5. The zero-order valence-electron chi connectivity index (χ0n) is 10.4. The SMILES string of the molecule is NC(=O)/C=C/c1cnn(CC=Cc2ccccc2)c1. The highest BCUT2D eigenvalue weighted by Crippen LogP contribution is 2.03. The van der Waals surface area contributed by atoms with Gasteiger partial charge in [-0.1, -0.05) is 42.5 Å². The highest BCUT2D eigenvalue weighted by Gasteiger charge is 1.93. The number of nitrogens with zero attached hydrogens (tertiary/aromatic N) is 2. The molecule has 2 N–H and O–H groups in total. The maximum atomic E-state index is 10.6. The molecule has 96 valence electrons. The second-order valence-corrected chi connectivity index (χ2v) is 4.04. The van der Waals surface area contributed by atoms with Gasteiger partial charge in [-0.3, -0.25) is 9.48 Å². The Labute approximate surface area is 111 Å². The maximum absolute atomic E-state index is 10.6. The Morgan fingerprint density at radius 1 is 1.21 bits per heavy atom. The van der Waals surface area contributed by atoms with Gasteiger partial charge in [0.1, 0.15) is 0 Å². The molecule has 1 amide bonds. The van der Waals surface area contributed by atoms with Gasteiger partial charge in [-0.2, -0.15) is 5.10 Å². The lowest BCUT2D eigenvalue weighted by Crippen LogP contribution is -2.04. The van der Waals surface area contributed by atoms with E-state index in [1.807, 2.05) is 48.7 Å². The molecule has 4 heteroatoms. The van der Waals surface area contributed by atoms with Crippen LogP contribution in [0.3, 0.4) is 0 Å². The third kappa shape index (κ3) is 4.27. The van der Waals surface area contributed by atoms with Crippen LogP contribution in [0.5, 0.6) is 0 Å². The fourth-order valence-electron chi connectivity index (χ4n) is 1.60. The molecule has 2 aromatic rings. The van der Waals surface area contributed by atoms with Crippen molar-refractivity contribution in [3.63, 3.8) is 0 Å². The first-order chi connectivity index (χ1) is 9.24. The molecule has 0 radical (unpaired) electrons. The number of benzene rings is 1. The minimum atomic E-state index is -0.461. The van der Waals surface area contributed by atoms with Crippen LogP contribution in [0.4, 0.5) is 0 Å². The van der Waals surface area contributed by atoms with Crippen LogP contribution in [0.15, 0.2) is 54.9 Å². The van der Waals surface area contributed by atoms with E-state index in [0.717, 1.165) is 11.1 Å². The molecule has 0 unspecified atom stereocenters. The average molecular weight is 253 g/mol. The molecule has 0 saturated heterocycles. The van der Waals surface area contributed by atoms with E-state index in [1.54, 1.807) is 17.0 Å². The fourth-order valence-corrected chi connectivity index (χ4v) is 1.60. The Morgan fingerprint density at radius 3 is 2.74 bits per heavy atom. The summed E-state index contributed by atoms with van der Waals surface area (Å²) in [5.74, 6) is -0.461. The molecule has 0 aliphatic heterocycles. The Bertz CT molecular complexity index is 597. The predicted octanol–water partition coefficient (Wildman–Crippen LogP) is 2.09. The molecule has 4 nitrogen and oxygen atoms in total. The lowest BCUT2D eigenvalue weighted by molar-refractivity contribution is -0.113. The van der Waals surface area contributed by atoms with E-state index in [-0.39, 0.29) is 0 Å². The highest BCUT2D eigenvalue weighted by atomic mass is 16.1. The van der Waals surface area contributed by atoms with Gasteiger partial charge in [0.05, 0.1) is 12.7 Å². The van der Waals surface area contributed by atoms with Gasteiger partial charge in [0, 0.05) is 17.8 Å². The molecule has 0 aliphatic rings. The number of primary amides is 1. The summed E-state index contributed by atoms with van der Waals surface area (Å²) in [6.07, 6.45) is 10.6. The largest absolute Gasteiger partial charge is 0.366 e. The molecular weight excluding hydrogens is 238 g/mol. The van der Waals surface area contributed by atoms with Gasteiger partial charge in [-0.15, -0.1) is 0 Å². The van der Waals surface area contributed by atoms with Gasteiger partial charge in [-0.25, -0.2) is 0 Å². The van der Waals surface area contributed by atoms with Crippen LogP contribution in [0.2, 0.25) is 0 Å². The summed E-state index contributed by atoms with van der Waals surface area (Å²) in [7, 11) is 0. The Morgan fingerprint density at radius 2 is 2.00 bits per heavy atom. The molecule has 0 spiro atoms. The van der Waals surface area contributed by atoms with Crippen molar-refractivity contribution in [2.24, 2.45) is 5.73 Å². The quantitative estimate of drug-likeness (QED) is 0.829. The second-order valence-electron chi connectivity index (χ2n) is 4.04. The van der Waals surface area contributed by atoms with Crippen LogP contribution in [0, 0.1) is 0 Å². The highest BCUT2D eigenvalue weighted by molar-refractivity contribution is 5.90. The molecule has 1 aromatic heterocycles. The van der Waals surface area contributed by atoms with Crippen LogP contribution in [-0.2, 0) is 11.3 Å². The Kier molecular flexibility index (Phi) is 4.29. The molecule has 0 fully saturated rings. The molecule has 2 rings (SSSR count). The molecule has 0 bridgehead atoms. The van der Waals surface area contributed by atoms with Crippen molar-refractivity contribution >= 4 is 18.1 Å². The van der Waals surface area contributed by atoms with E-state index in [2.05, 4.69) is 5.10 Å². The normalized spacial score (nSPS) is 11.4. The summed E-state index contributed by atoms with van der Waals surface area (Å²) < 4.78 is 1.79. The van der Waals surface area contributed by atoms with Crippen molar-refractivity contribution in [2.45, 2.75) is 6.54 Å². The van der Waals surface area contributed by atoms with E-state index in [4.69, 9.17) is 5.73 Å². The van der Waals surface area contributed by atoms with Gasteiger partial charge in [0.15, 0.2) is 0 Å². The number of amides is 1. The van der Waals surface area contributed by atoms with Crippen LogP contribution < -0.4 is 5.73 Å². The maximum Gasteiger partial charge on any atom is 0.241 e. The first-order valence-electron chi connectivity index (χ1n) is 5.95. The number of carbonyl (C=O) groups is 1. The Hall–Kier alpha value is -2.62. The monoisotopic (exact) mass is 253 g/mol. The molecule has 0 atom stereocenters. The minimum absolute atomic E-state index is 0.461. The first kappa shape index (κ1) is 12.8. The second kappa shape index (κ2) is 6.35. The fraction of sp³-hybridized carbons (Fsp3) is 0.0667. The van der Waals surface area contributed by atoms with E-state index < -0.39 is 5.91 Å². The topological polar surface area (TPSA) is 60.9 Å². The van der Waals surface area contributed by atoms with E-state index in [1.165, 1.54) is 6.08 Å². The van der Waals surface area contributed by atoms with Gasteiger partial charge in [-0.05, 0) is 11.6 Å². The van der Waals surface area contributed by atoms with Crippen LogP contribution in [-0.4, -0.2) is 15.7 Å². The summed E-state index contributed by atoms with van der Waals surface area (Å²) in [4.78, 5) is 10.6. The zero-order valence-corrected chi connectivity index (χ0v) is 10.4. The van der Waals surface area contributed by atoms with Gasteiger partial charge >= 0.3 is 0 Å². The van der Waals surface area contributed by atoms with Crippen molar-refractivity contribution < 1.29 is 4.79 Å². The minimum Gasteiger partial charge on any atom is -0.366 e. The van der Waals surface area contributed by atoms with Crippen molar-refractivity contribution in [1.29, 1.82) is 0 Å². The number of carbonyl (C=O) groups excluding carboxylic acids is 1. The summed E-state index contributed by atoms with van der Waals surface area (Å²) >= 11 is 0. The third-order valence-electron chi connectivity index (χ3n) is 2.50. The molecule has 0 aliphatic carbocycles. The van der Waals surface area contributed by atoms with Crippen molar-refractivity contribution in [2.75, 3.05) is 0 Å². The first-order valence-corrected chi connectivity index (χ1v) is 5.95. The number of allylic oxidation sites excluding steroid dienone is 1. The van der Waals surface area contributed by atoms with Crippen molar-refractivity contribution in [3.8, 4) is 0 Å². The summed E-state index contributed by atoms with van der Waals surface area (Å²) in [6.45, 7) is 0.680. The number of rotatable bonds is 5. The van der Waals surface area contributed by atoms with Gasteiger partial charge in [0.2, 0.25) is 5.91 Å². The van der Waals surface area contributed by atoms with Crippen molar-refractivity contribution in [1.82, 2.24) is 9.78 Å². The standard InChI is InChI=1S/C15H15N3O/c16-15(19)9-8-14-11-17-18(12-14)10-4-7-13-5-2-1-3-6-13/h1-9,11-12H,10H2,(H2,16,19)/b7-4?,9-8+. The lowest BCUT2D eigenvalue weighted by atomic mass is 10.2. The lowest BCUT2D eigenvalue weighted by Gasteiger charge is -1.94. The average Bonchev–Trinajstić information content (AvgIpc) is 2.86. The Balaban J connectivity index is 1.94. The number of aromatic nitrogens is 2. The summed E-state index contributed by atoms with van der Waals surface area (Å²) in [5, 5.41) is 4.19. The van der Waals surface area contributed by atoms with E-state index in [9.17, 15) is 4.79 Å². The summed E-state index contributed by atoms with van der Waals surface area (Å²) in [6, 6.07) is 10.1. The van der Waals surface area contributed by atoms with Crippen molar-refractivity contribution in [3.05, 3.63) is 66.0 Å². The smallest absolute Gasteiger partial charge is 0.241 e. The molecule has 1 aromatic carbocycles. The van der Waals surface area contributed by atoms with E-state index in [0.29, 0.717) is 6.54 Å². The molecule has 1 heterocycles. The van der Waals surface area contributed by atoms with E-state index >= 15 is 0 Å². The molecule has 19 heavy (non-hydrogen) atoms. The number of hydrogen-bond donors (Lipinski definition) is 1. The molecule has 0 saturated carbocycles. The van der Waals surface area contributed by atoms with Gasteiger partial charge in [0.25, 0.3) is 0 Å². The molecular formula is C15H15N3O. The van der Waals surface area contributed by atoms with Crippen LogP contribution in [0.1, 0.15) is 11.1 Å². The summed E-state index contributed by atoms with van der Waals surface area (Å²) in [5.41, 5.74) is 7.04. The van der Waals surface area contributed by atoms with Gasteiger partial charge < -0.3 is 5.73 Å². The van der Waals surface area contributed by atoms with Crippen LogP contribution in [0.25, 0.3) is 12.2 Å². The van der Waals surface area contributed by atoms with Crippen LogP contribution >= 0.6 is 0 Å². The number of nitrogens with two attached hydrogens (primary N) is 1. The predicted molar refractivity (Wildman–Crippen MR) is 75.9 cm³/mol. The number of hydrogen-bond acceptors (Lipinski definition) is 2. The third-order valence-corrected chi connectivity index (χ3v) is 2.50.